The summed E-state index contributed by atoms with van der Waals surface area (Å²) in [6.45, 7) is 7.06. The fourth-order valence-electron chi connectivity index (χ4n) is 3.32. The van der Waals surface area contributed by atoms with E-state index in [4.69, 9.17) is 5.73 Å². The van der Waals surface area contributed by atoms with Crippen LogP contribution in [0, 0.1) is 5.92 Å². The summed E-state index contributed by atoms with van der Waals surface area (Å²) < 4.78 is 22.6. The fraction of sp³-hybridized carbons (Fsp3) is 1.00. The first-order chi connectivity index (χ1) is 9.33. The van der Waals surface area contributed by atoms with E-state index >= 15 is 0 Å². The van der Waals surface area contributed by atoms with Crippen LogP contribution in [0.3, 0.4) is 0 Å². The Balaban J connectivity index is 2.66. The van der Waals surface area contributed by atoms with E-state index < -0.39 is 9.84 Å². The number of hydrogen-bond donors (Lipinski definition) is 1. The van der Waals surface area contributed by atoms with E-state index in [1.165, 1.54) is 19.1 Å². The highest BCUT2D eigenvalue weighted by molar-refractivity contribution is 7.90. The van der Waals surface area contributed by atoms with Crippen molar-refractivity contribution in [2.45, 2.75) is 57.9 Å². The Hall–Kier alpha value is -0.130. The van der Waals surface area contributed by atoms with Gasteiger partial charge in [-0.2, -0.15) is 0 Å². The van der Waals surface area contributed by atoms with E-state index in [9.17, 15) is 8.42 Å². The van der Waals surface area contributed by atoms with Gasteiger partial charge in [0.2, 0.25) is 0 Å². The first kappa shape index (κ1) is 17.9. The van der Waals surface area contributed by atoms with Gasteiger partial charge in [-0.05, 0) is 57.5 Å². The number of rotatable bonds is 8. The maximum absolute atomic E-state index is 11.3. The molecule has 120 valence electrons. The molecule has 0 atom stereocenters. The van der Waals surface area contributed by atoms with Crippen LogP contribution in [0.15, 0.2) is 0 Å². The number of nitrogens with zero attached hydrogens (tertiary/aromatic N) is 1. The van der Waals surface area contributed by atoms with Gasteiger partial charge >= 0.3 is 0 Å². The molecule has 0 saturated heterocycles. The van der Waals surface area contributed by atoms with E-state index in [0.29, 0.717) is 6.54 Å². The van der Waals surface area contributed by atoms with Gasteiger partial charge in [-0.1, -0.05) is 13.8 Å². The molecule has 0 aliphatic heterocycles. The van der Waals surface area contributed by atoms with Crippen molar-refractivity contribution in [3.05, 3.63) is 0 Å². The lowest BCUT2D eigenvalue weighted by atomic mass is 9.76. The Kier molecular flexibility index (Phi) is 6.95. The predicted molar refractivity (Wildman–Crippen MR) is 85.6 cm³/mol. The van der Waals surface area contributed by atoms with Crippen molar-refractivity contribution in [3.63, 3.8) is 0 Å². The molecule has 0 spiro atoms. The predicted octanol–water partition coefficient (Wildman–Crippen LogP) is 2.04. The minimum atomic E-state index is -2.86. The van der Waals surface area contributed by atoms with Crippen molar-refractivity contribution in [2.75, 3.05) is 31.6 Å². The third-order valence-electron chi connectivity index (χ3n) is 4.69. The fourth-order valence-corrected chi connectivity index (χ4v) is 3.98. The molecule has 1 aliphatic rings. The third-order valence-corrected chi connectivity index (χ3v) is 5.72. The highest BCUT2D eigenvalue weighted by Gasteiger charge is 2.37. The van der Waals surface area contributed by atoms with E-state index in [2.05, 4.69) is 18.7 Å². The Morgan fingerprint density at radius 3 is 2.30 bits per heavy atom. The average Bonchev–Trinajstić information content (AvgIpc) is 2.38. The third kappa shape index (κ3) is 5.34. The van der Waals surface area contributed by atoms with Crippen molar-refractivity contribution >= 4 is 9.84 Å². The van der Waals surface area contributed by atoms with E-state index in [1.54, 1.807) is 0 Å². The average molecular weight is 305 g/mol. The van der Waals surface area contributed by atoms with Gasteiger partial charge in [-0.15, -0.1) is 0 Å². The van der Waals surface area contributed by atoms with Gasteiger partial charge < -0.3 is 5.73 Å². The molecule has 2 N–H and O–H groups in total. The Bertz CT molecular complexity index is 373. The van der Waals surface area contributed by atoms with Gasteiger partial charge in [0.25, 0.3) is 0 Å². The molecular weight excluding hydrogens is 272 g/mol. The number of nitrogens with two attached hydrogens (primary N) is 1. The van der Waals surface area contributed by atoms with Gasteiger partial charge in [0.15, 0.2) is 0 Å². The van der Waals surface area contributed by atoms with Crippen LogP contribution in [-0.4, -0.2) is 50.5 Å². The zero-order chi connectivity index (χ0) is 15.2. The van der Waals surface area contributed by atoms with Gasteiger partial charge in [-0.25, -0.2) is 8.42 Å². The summed E-state index contributed by atoms with van der Waals surface area (Å²) in [5.41, 5.74) is 6.22. The first-order valence-electron chi connectivity index (χ1n) is 7.96. The van der Waals surface area contributed by atoms with E-state index in [0.717, 1.165) is 44.7 Å². The van der Waals surface area contributed by atoms with Crippen LogP contribution in [0.25, 0.3) is 0 Å². The molecule has 0 heterocycles. The first-order valence-corrected chi connectivity index (χ1v) is 10.0. The van der Waals surface area contributed by atoms with Crippen LogP contribution >= 0.6 is 0 Å². The zero-order valence-corrected chi connectivity index (χ0v) is 14.2. The second-order valence-electron chi connectivity index (χ2n) is 6.58. The minimum absolute atomic E-state index is 0.111. The highest BCUT2D eigenvalue weighted by Crippen LogP contribution is 2.36. The summed E-state index contributed by atoms with van der Waals surface area (Å²) in [7, 11) is -2.86. The van der Waals surface area contributed by atoms with Crippen molar-refractivity contribution < 1.29 is 8.42 Å². The van der Waals surface area contributed by atoms with Gasteiger partial charge in [-0.3, -0.25) is 4.90 Å². The molecule has 1 aliphatic carbocycles. The largest absolute Gasteiger partial charge is 0.329 e. The summed E-state index contributed by atoms with van der Waals surface area (Å²) in [5, 5.41) is 0. The van der Waals surface area contributed by atoms with Gasteiger partial charge in [0.05, 0.1) is 5.75 Å². The van der Waals surface area contributed by atoms with E-state index in [1.807, 2.05) is 0 Å². The van der Waals surface area contributed by atoms with Crippen LogP contribution in [0.4, 0.5) is 0 Å². The number of sulfone groups is 1. The highest BCUT2D eigenvalue weighted by atomic mass is 32.2. The normalized spacial score (nSPS) is 27.9. The Morgan fingerprint density at radius 2 is 1.85 bits per heavy atom. The zero-order valence-electron chi connectivity index (χ0n) is 13.4. The van der Waals surface area contributed by atoms with Gasteiger partial charge in [0.1, 0.15) is 9.84 Å². The quantitative estimate of drug-likeness (QED) is 0.745. The molecule has 5 heteroatoms. The molecule has 20 heavy (non-hydrogen) atoms. The summed E-state index contributed by atoms with van der Waals surface area (Å²) in [5.74, 6) is 1.08. The molecule has 4 nitrogen and oxygen atoms in total. The second-order valence-corrected chi connectivity index (χ2v) is 8.84. The smallest absolute Gasteiger partial charge is 0.147 e. The Labute approximate surface area is 125 Å². The molecule has 1 rings (SSSR count). The van der Waals surface area contributed by atoms with Crippen molar-refractivity contribution in [2.24, 2.45) is 11.7 Å². The van der Waals surface area contributed by atoms with Crippen molar-refractivity contribution in [1.82, 2.24) is 4.90 Å². The summed E-state index contributed by atoms with van der Waals surface area (Å²) in [6, 6.07) is 0. The molecule has 0 radical (unpaired) electrons. The van der Waals surface area contributed by atoms with Crippen LogP contribution in [0.5, 0.6) is 0 Å². The summed E-state index contributed by atoms with van der Waals surface area (Å²) in [4.78, 5) is 2.48. The molecule has 1 saturated carbocycles. The molecule has 1 fully saturated rings. The Morgan fingerprint density at radius 1 is 1.25 bits per heavy atom. The van der Waals surface area contributed by atoms with Crippen LogP contribution in [0.2, 0.25) is 0 Å². The van der Waals surface area contributed by atoms with Gasteiger partial charge in [0, 0.05) is 18.3 Å². The second kappa shape index (κ2) is 7.76. The molecule has 0 aromatic rings. The molecule has 0 bridgehead atoms. The maximum Gasteiger partial charge on any atom is 0.147 e. The van der Waals surface area contributed by atoms with Crippen LogP contribution in [-0.2, 0) is 9.84 Å². The van der Waals surface area contributed by atoms with E-state index in [-0.39, 0.29) is 11.3 Å². The summed E-state index contributed by atoms with van der Waals surface area (Å²) >= 11 is 0. The van der Waals surface area contributed by atoms with Crippen molar-refractivity contribution in [1.29, 1.82) is 0 Å². The van der Waals surface area contributed by atoms with Crippen molar-refractivity contribution in [3.8, 4) is 0 Å². The molecule has 0 aromatic carbocycles. The minimum Gasteiger partial charge on any atom is -0.329 e. The maximum atomic E-state index is 11.3. The standard InChI is InChI=1S/C15H32N2O2S/c1-4-10-17(11-5-12-20(3,18)19)15(13-16)8-6-14(2)7-9-15/h14H,4-13,16H2,1-3H3. The molecule has 0 unspecified atom stereocenters. The molecule has 0 amide bonds. The summed E-state index contributed by atoms with van der Waals surface area (Å²) in [6.07, 6.45) is 7.92. The topological polar surface area (TPSA) is 63.4 Å². The van der Waals surface area contributed by atoms with Crippen LogP contribution < -0.4 is 5.73 Å². The molecule has 0 aromatic heterocycles. The number of hydrogen-bond acceptors (Lipinski definition) is 4. The lowest BCUT2D eigenvalue weighted by Crippen LogP contribution is -2.56. The van der Waals surface area contributed by atoms with Crippen LogP contribution in [0.1, 0.15) is 52.4 Å². The monoisotopic (exact) mass is 304 g/mol. The molecular formula is C15H32N2O2S. The SMILES string of the molecule is CCCN(CCCS(C)(=O)=O)C1(CN)CCC(C)CC1. The lowest BCUT2D eigenvalue weighted by molar-refractivity contribution is 0.0446. The lowest BCUT2D eigenvalue weighted by Gasteiger charge is -2.47.